The normalized spacial score (nSPS) is 14.1. The number of benzene rings is 1. The first kappa shape index (κ1) is 15.0. The van der Waals surface area contributed by atoms with E-state index in [4.69, 9.17) is 10.00 Å². The van der Waals surface area contributed by atoms with E-state index >= 15 is 0 Å². The van der Waals surface area contributed by atoms with Gasteiger partial charge in [0.15, 0.2) is 0 Å². The first-order valence-electron chi connectivity index (χ1n) is 6.63. The molecule has 0 aromatic heterocycles. The third-order valence-corrected chi connectivity index (χ3v) is 4.16. The molecule has 0 aliphatic heterocycles. The van der Waals surface area contributed by atoms with E-state index in [0.29, 0.717) is 18.0 Å². The Labute approximate surface area is 127 Å². The summed E-state index contributed by atoms with van der Waals surface area (Å²) in [5, 5.41) is 8.73. The summed E-state index contributed by atoms with van der Waals surface area (Å²) < 4.78 is 5.61. The largest absolute Gasteiger partial charge is 0.465 e. The van der Waals surface area contributed by atoms with E-state index in [9.17, 15) is 4.79 Å². The van der Waals surface area contributed by atoms with Crippen LogP contribution in [0.2, 0.25) is 0 Å². The van der Waals surface area contributed by atoms with E-state index in [-0.39, 0.29) is 5.97 Å². The molecule has 0 unspecified atom stereocenters. The topological polar surface area (TPSA) is 53.3 Å². The van der Waals surface area contributed by atoms with E-state index in [1.807, 2.05) is 6.07 Å². The van der Waals surface area contributed by atoms with Crippen LogP contribution in [0.4, 0.5) is 0 Å². The maximum Gasteiger partial charge on any atom is 0.337 e. The van der Waals surface area contributed by atoms with Crippen molar-refractivity contribution in [2.45, 2.75) is 31.8 Å². The number of hydrogen-bond acceptors (Lipinski definition) is 4. The number of esters is 1. The predicted molar refractivity (Wildman–Crippen MR) is 79.1 cm³/mol. The molecule has 1 aromatic rings. The molecule has 1 aromatic carbocycles. The number of nitrogens with zero attached hydrogens (tertiary/aromatic N) is 2. The highest BCUT2D eigenvalue weighted by molar-refractivity contribution is 9.10. The van der Waals surface area contributed by atoms with Crippen molar-refractivity contribution in [3.8, 4) is 6.07 Å². The number of rotatable bonds is 6. The van der Waals surface area contributed by atoms with E-state index in [1.165, 1.54) is 20.0 Å². The summed E-state index contributed by atoms with van der Waals surface area (Å²) in [6.45, 7) is 1.60. The van der Waals surface area contributed by atoms with Crippen molar-refractivity contribution in [3.63, 3.8) is 0 Å². The number of halogens is 1. The van der Waals surface area contributed by atoms with Gasteiger partial charge in [-0.15, -0.1) is 0 Å². The Bertz CT molecular complexity index is 535. The number of ether oxygens (including phenoxy) is 1. The second-order valence-electron chi connectivity index (χ2n) is 4.91. The number of nitriles is 1. The van der Waals surface area contributed by atoms with Gasteiger partial charge in [-0.3, -0.25) is 4.90 Å². The maximum absolute atomic E-state index is 11.5. The highest BCUT2D eigenvalue weighted by Crippen LogP contribution is 2.30. The minimum atomic E-state index is -0.333. The lowest BCUT2D eigenvalue weighted by Crippen LogP contribution is -2.26. The van der Waals surface area contributed by atoms with Crippen LogP contribution in [0.1, 0.15) is 35.2 Å². The lowest BCUT2D eigenvalue weighted by atomic mass is 10.1. The molecule has 0 N–H and O–H groups in total. The molecule has 0 saturated heterocycles. The van der Waals surface area contributed by atoms with Crippen molar-refractivity contribution in [1.82, 2.24) is 4.90 Å². The average Bonchev–Trinajstić information content (AvgIpc) is 3.28. The van der Waals surface area contributed by atoms with E-state index < -0.39 is 0 Å². The molecule has 20 heavy (non-hydrogen) atoms. The van der Waals surface area contributed by atoms with Gasteiger partial charge < -0.3 is 4.74 Å². The van der Waals surface area contributed by atoms with Crippen LogP contribution >= 0.6 is 15.9 Å². The Morgan fingerprint density at radius 3 is 2.85 bits per heavy atom. The van der Waals surface area contributed by atoms with Crippen LogP contribution in [0.3, 0.4) is 0 Å². The Hall–Kier alpha value is -1.38. The van der Waals surface area contributed by atoms with Gasteiger partial charge in [0.05, 0.1) is 18.7 Å². The Morgan fingerprint density at radius 2 is 2.30 bits per heavy atom. The summed E-state index contributed by atoms with van der Waals surface area (Å²) in [6.07, 6.45) is 2.97. The third-order valence-electron chi connectivity index (χ3n) is 3.42. The van der Waals surface area contributed by atoms with Crippen molar-refractivity contribution in [2.75, 3.05) is 13.7 Å². The molecule has 0 amide bonds. The summed E-state index contributed by atoms with van der Waals surface area (Å²) in [5.41, 5.74) is 1.67. The van der Waals surface area contributed by atoms with Gasteiger partial charge in [-0.05, 0) is 30.5 Å². The molecule has 2 rings (SSSR count). The summed E-state index contributed by atoms with van der Waals surface area (Å²) in [6, 6.07) is 8.32. The Morgan fingerprint density at radius 1 is 1.55 bits per heavy atom. The Balaban J connectivity index is 2.08. The second-order valence-corrected chi connectivity index (χ2v) is 5.76. The van der Waals surface area contributed by atoms with E-state index in [1.54, 1.807) is 12.1 Å². The van der Waals surface area contributed by atoms with Gasteiger partial charge in [0.2, 0.25) is 0 Å². The van der Waals surface area contributed by atoms with Crippen molar-refractivity contribution in [1.29, 1.82) is 5.26 Å². The molecule has 0 atom stereocenters. The molecular formula is C15H17BrN2O2. The zero-order valence-corrected chi connectivity index (χ0v) is 13.0. The van der Waals surface area contributed by atoms with Crippen molar-refractivity contribution in [3.05, 3.63) is 33.8 Å². The van der Waals surface area contributed by atoms with Gasteiger partial charge in [0.25, 0.3) is 0 Å². The fourth-order valence-electron chi connectivity index (χ4n) is 2.16. The van der Waals surface area contributed by atoms with Crippen LogP contribution in [0.15, 0.2) is 22.7 Å². The molecule has 0 radical (unpaired) electrons. The van der Waals surface area contributed by atoms with Crippen molar-refractivity contribution in [2.24, 2.45) is 0 Å². The summed E-state index contributed by atoms with van der Waals surface area (Å²) in [4.78, 5) is 13.8. The lowest BCUT2D eigenvalue weighted by molar-refractivity contribution is 0.0600. The summed E-state index contributed by atoms with van der Waals surface area (Å²) in [5.74, 6) is -0.333. The van der Waals surface area contributed by atoms with Gasteiger partial charge in [0, 0.05) is 30.0 Å². The van der Waals surface area contributed by atoms with Crippen LogP contribution in [0.25, 0.3) is 0 Å². The first-order valence-corrected chi connectivity index (χ1v) is 7.42. The van der Waals surface area contributed by atoms with Gasteiger partial charge >= 0.3 is 5.97 Å². The van der Waals surface area contributed by atoms with Gasteiger partial charge in [-0.25, -0.2) is 4.79 Å². The second kappa shape index (κ2) is 6.87. The SMILES string of the molecule is COC(=O)c1ccc(CN(CCC#N)C2CC2)c(Br)c1. The minimum absolute atomic E-state index is 0.333. The molecule has 0 heterocycles. The number of hydrogen-bond donors (Lipinski definition) is 0. The summed E-state index contributed by atoms with van der Waals surface area (Å²) in [7, 11) is 1.38. The molecule has 1 saturated carbocycles. The number of methoxy groups -OCH3 is 1. The molecule has 106 valence electrons. The quantitative estimate of drug-likeness (QED) is 0.749. The summed E-state index contributed by atoms with van der Waals surface area (Å²) >= 11 is 3.51. The molecule has 0 bridgehead atoms. The van der Waals surface area contributed by atoms with Crippen LogP contribution in [-0.2, 0) is 11.3 Å². The lowest BCUT2D eigenvalue weighted by Gasteiger charge is -2.21. The van der Waals surface area contributed by atoms with Gasteiger partial charge in [-0.1, -0.05) is 22.0 Å². The zero-order valence-electron chi connectivity index (χ0n) is 11.4. The molecule has 1 aliphatic carbocycles. The highest BCUT2D eigenvalue weighted by Gasteiger charge is 2.28. The fourth-order valence-corrected chi connectivity index (χ4v) is 2.67. The first-order chi connectivity index (χ1) is 9.65. The van der Waals surface area contributed by atoms with Gasteiger partial charge in [-0.2, -0.15) is 5.26 Å². The standard InChI is InChI=1S/C15H17BrN2O2/c1-20-15(19)11-3-4-12(14(16)9-11)10-18(8-2-7-17)13-5-6-13/h3-4,9,13H,2,5-6,8,10H2,1H3. The maximum atomic E-state index is 11.5. The van der Waals surface area contributed by atoms with E-state index in [2.05, 4.69) is 26.9 Å². The monoisotopic (exact) mass is 336 g/mol. The van der Waals surface area contributed by atoms with Crippen LogP contribution in [0, 0.1) is 11.3 Å². The molecule has 1 aliphatic rings. The van der Waals surface area contributed by atoms with Gasteiger partial charge in [0.1, 0.15) is 0 Å². The fraction of sp³-hybridized carbons (Fsp3) is 0.467. The minimum Gasteiger partial charge on any atom is -0.465 e. The van der Waals surface area contributed by atoms with Crippen molar-refractivity contribution < 1.29 is 9.53 Å². The average molecular weight is 337 g/mol. The smallest absolute Gasteiger partial charge is 0.337 e. The number of carbonyl (C=O) groups is 1. The third kappa shape index (κ3) is 3.81. The zero-order chi connectivity index (χ0) is 14.5. The van der Waals surface area contributed by atoms with E-state index in [0.717, 1.165) is 23.1 Å². The van der Waals surface area contributed by atoms with Crippen LogP contribution in [-0.4, -0.2) is 30.6 Å². The van der Waals surface area contributed by atoms with Crippen LogP contribution < -0.4 is 0 Å². The number of carbonyl (C=O) groups excluding carboxylic acids is 1. The van der Waals surface area contributed by atoms with Crippen molar-refractivity contribution >= 4 is 21.9 Å². The molecule has 4 nitrogen and oxygen atoms in total. The molecule has 1 fully saturated rings. The Kier molecular flexibility index (Phi) is 5.16. The predicted octanol–water partition coefficient (Wildman–Crippen LogP) is 3.11. The molecule has 5 heteroatoms. The molecule has 0 spiro atoms. The molecular weight excluding hydrogens is 320 g/mol. The highest BCUT2D eigenvalue weighted by atomic mass is 79.9. The van der Waals surface area contributed by atoms with Crippen LogP contribution in [0.5, 0.6) is 0 Å².